The Morgan fingerprint density at radius 2 is 1.86 bits per heavy atom. The molecule has 1 aliphatic carbocycles. The van der Waals surface area contributed by atoms with Crippen LogP contribution >= 0.6 is 0 Å². The molecule has 0 radical (unpaired) electrons. The predicted octanol–water partition coefficient (Wildman–Crippen LogP) is 3.38. The number of pyridine rings is 1. The lowest BCUT2D eigenvalue weighted by Gasteiger charge is -2.26. The minimum atomic E-state index is -0.0892. The van der Waals surface area contributed by atoms with Crippen LogP contribution in [0.1, 0.15) is 36.8 Å². The Morgan fingerprint density at radius 1 is 1.19 bits per heavy atom. The van der Waals surface area contributed by atoms with Crippen molar-refractivity contribution in [2.75, 3.05) is 0 Å². The Morgan fingerprint density at radius 3 is 2.48 bits per heavy atom. The molecule has 1 saturated carbocycles. The van der Waals surface area contributed by atoms with Crippen molar-refractivity contribution in [3.63, 3.8) is 0 Å². The molecule has 0 aliphatic heterocycles. The molecule has 1 aromatic carbocycles. The standard InChI is InChI=1S/C18H20N2O/c1-14(16-5-3-2-4-6-16)18(21)20(17-7-8-17)13-15-9-11-19-12-10-15/h2-6,9-12,14,17H,7-8,13H2,1H3. The van der Waals surface area contributed by atoms with Crippen molar-refractivity contribution in [3.05, 3.63) is 66.0 Å². The van der Waals surface area contributed by atoms with E-state index in [0.29, 0.717) is 12.6 Å². The van der Waals surface area contributed by atoms with Crippen LogP contribution in [-0.4, -0.2) is 21.8 Å². The number of carbonyl (C=O) groups excluding carboxylic acids is 1. The van der Waals surface area contributed by atoms with E-state index >= 15 is 0 Å². The molecule has 108 valence electrons. The maximum Gasteiger partial charge on any atom is 0.230 e. The van der Waals surface area contributed by atoms with Crippen molar-refractivity contribution in [1.29, 1.82) is 0 Å². The number of aromatic nitrogens is 1. The number of carbonyl (C=O) groups is 1. The van der Waals surface area contributed by atoms with Gasteiger partial charge in [-0.15, -0.1) is 0 Å². The topological polar surface area (TPSA) is 33.2 Å². The Bertz CT molecular complexity index is 593. The van der Waals surface area contributed by atoms with E-state index in [1.54, 1.807) is 12.4 Å². The highest BCUT2D eigenvalue weighted by Crippen LogP contribution is 2.31. The first-order chi connectivity index (χ1) is 10.3. The largest absolute Gasteiger partial charge is 0.335 e. The Hall–Kier alpha value is -2.16. The fraction of sp³-hybridized carbons (Fsp3) is 0.333. The van der Waals surface area contributed by atoms with Crippen molar-refractivity contribution >= 4 is 5.91 Å². The molecule has 1 heterocycles. The summed E-state index contributed by atoms with van der Waals surface area (Å²) >= 11 is 0. The zero-order valence-electron chi connectivity index (χ0n) is 12.3. The number of benzene rings is 1. The van der Waals surface area contributed by atoms with Crippen molar-refractivity contribution < 1.29 is 4.79 Å². The molecule has 3 nitrogen and oxygen atoms in total. The minimum Gasteiger partial charge on any atom is -0.335 e. The first-order valence-corrected chi connectivity index (χ1v) is 7.50. The molecule has 21 heavy (non-hydrogen) atoms. The third-order valence-electron chi connectivity index (χ3n) is 4.04. The highest BCUT2D eigenvalue weighted by atomic mass is 16.2. The van der Waals surface area contributed by atoms with Gasteiger partial charge in [-0.1, -0.05) is 30.3 Å². The zero-order valence-corrected chi connectivity index (χ0v) is 12.3. The molecule has 3 heteroatoms. The van der Waals surface area contributed by atoms with Crippen LogP contribution in [0, 0.1) is 0 Å². The molecule has 0 spiro atoms. The van der Waals surface area contributed by atoms with Gasteiger partial charge >= 0.3 is 0 Å². The highest BCUT2D eigenvalue weighted by molar-refractivity contribution is 5.83. The molecule has 2 aromatic rings. The fourth-order valence-electron chi connectivity index (χ4n) is 2.59. The third-order valence-corrected chi connectivity index (χ3v) is 4.04. The van der Waals surface area contributed by atoms with Crippen molar-refractivity contribution in [2.24, 2.45) is 0 Å². The molecule has 1 amide bonds. The SMILES string of the molecule is CC(C(=O)N(Cc1ccncc1)C1CC1)c1ccccc1. The normalized spacial score (nSPS) is 15.5. The van der Waals surface area contributed by atoms with E-state index in [9.17, 15) is 4.79 Å². The molecule has 1 fully saturated rings. The zero-order chi connectivity index (χ0) is 14.7. The van der Waals surface area contributed by atoms with Gasteiger partial charge in [-0.05, 0) is 43.0 Å². The van der Waals surface area contributed by atoms with Crippen LogP contribution in [0.4, 0.5) is 0 Å². The monoisotopic (exact) mass is 280 g/mol. The van der Waals surface area contributed by atoms with Gasteiger partial charge in [0.2, 0.25) is 5.91 Å². The van der Waals surface area contributed by atoms with E-state index in [0.717, 1.165) is 24.0 Å². The summed E-state index contributed by atoms with van der Waals surface area (Å²) in [4.78, 5) is 18.9. The van der Waals surface area contributed by atoms with Gasteiger partial charge < -0.3 is 4.90 Å². The number of hydrogen-bond donors (Lipinski definition) is 0. The molecule has 1 atom stereocenters. The van der Waals surface area contributed by atoms with Crippen LogP contribution in [0.25, 0.3) is 0 Å². The Labute approximate surface area is 125 Å². The van der Waals surface area contributed by atoms with Gasteiger partial charge in [0.25, 0.3) is 0 Å². The maximum absolute atomic E-state index is 12.8. The van der Waals surface area contributed by atoms with Crippen molar-refractivity contribution in [2.45, 2.75) is 38.3 Å². The average molecular weight is 280 g/mol. The van der Waals surface area contributed by atoms with E-state index in [2.05, 4.69) is 4.98 Å². The first-order valence-electron chi connectivity index (χ1n) is 7.50. The quantitative estimate of drug-likeness (QED) is 0.841. The lowest BCUT2D eigenvalue weighted by Crippen LogP contribution is -2.35. The number of amides is 1. The molecular formula is C18H20N2O. The first kappa shape index (κ1) is 13.8. The summed E-state index contributed by atoms with van der Waals surface area (Å²) in [5.74, 6) is 0.133. The summed E-state index contributed by atoms with van der Waals surface area (Å²) in [7, 11) is 0. The molecule has 0 saturated heterocycles. The van der Waals surface area contributed by atoms with Crippen LogP contribution in [0.3, 0.4) is 0 Å². The minimum absolute atomic E-state index is 0.0892. The molecule has 1 unspecified atom stereocenters. The molecule has 0 bridgehead atoms. The second-order valence-corrected chi connectivity index (χ2v) is 5.69. The van der Waals surface area contributed by atoms with Crippen LogP contribution in [0.2, 0.25) is 0 Å². The van der Waals surface area contributed by atoms with E-state index < -0.39 is 0 Å². The van der Waals surface area contributed by atoms with E-state index in [1.807, 2.05) is 54.3 Å². The molecular weight excluding hydrogens is 260 g/mol. The van der Waals surface area contributed by atoms with Crippen LogP contribution in [0.15, 0.2) is 54.9 Å². The van der Waals surface area contributed by atoms with Gasteiger partial charge in [0, 0.05) is 25.0 Å². The summed E-state index contributed by atoms with van der Waals surface area (Å²) in [5, 5.41) is 0. The predicted molar refractivity (Wildman–Crippen MR) is 82.7 cm³/mol. The van der Waals surface area contributed by atoms with Crippen molar-refractivity contribution in [1.82, 2.24) is 9.88 Å². The van der Waals surface area contributed by atoms with Gasteiger partial charge in [0.1, 0.15) is 0 Å². The van der Waals surface area contributed by atoms with Crippen molar-refractivity contribution in [3.8, 4) is 0 Å². The smallest absolute Gasteiger partial charge is 0.230 e. The second kappa shape index (κ2) is 6.08. The fourth-order valence-corrected chi connectivity index (χ4v) is 2.59. The third kappa shape index (κ3) is 3.30. The van der Waals surface area contributed by atoms with Gasteiger partial charge in [0.05, 0.1) is 5.92 Å². The molecule has 3 rings (SSSR count). The average Bonchev–Trinajstić information content (AvgIpc) is 3.38. The molecule has 1 aromatic heterocycles. The van der Waals surface area contributed by atoms with Crippen LogP contribution in [-0.2, 0) is 11.3 Å². The molecule has 1 aliphatic rings. The molecule has 0 N–H and O–H groups in total. The summed E-state index contributed by atoms with van der Waals surface area (Å²) in [6.07, 6.45) is 5.81. The number of nitrogens with zero attached hydrogens (tertiary/aromatic N) is 2. The maximum atomic E-state index is 12.8. The second-order valence-electron chi connectivity index (χ2n) is 5.69. The van der Waals surface area contributed by atoms with Gasteiger partial charge in [-0.2, -0.15) is 0 Å². The van der Waals surface area contributed by atoms with Gasteiger partial charge in [0.15, 0.2) is 0 Å². The summed E-state index contributed by atoms with van der Waals surface area (Å²) in [5.41, 5.74) is 2.23. The highest BCUT2D eigenvalue weighted by Gasteiger charge is 2.34. The summed E-state index contributed by atoms with van der Waals surface area (Å²) in [6, 6.07) is 14.4. The number of rotatable bonds is 5. The lowest BCUT2D eigenvalue weighted by atomic mass is 9.99. The lowest BCUT2D eigenvalue weighted by molar-refractivity contribution is -0.133. The Kier molecular flexibility index (Phi) is 4.00. The summed E-state index contributed by atoms with van der Waals surface area (Å²) < 4.78 is 0. The van der Waals surface area contributed by atoms with E-state index in [-0.39, 0.29) is 11.8 Å². The van der Waals surface area contributed by atoms with Gasteiger partial charge in [-0.3, -0.25) is 9.78 Å². The summed E-state index contributed by atoms with van der Waals surface area (Å²) in [6.45, 7) is 2.68. The number of hydrogen-bond acceptors (Lipinski definition) is 2. The van der Waals surface area contributed by atoms with Crippen LogP contribution in [0.5, 0.6) is 0 Å². The van der Waals surface area contributed by atoms with E-state index in [1.165, 1.54) is 0 Å². The van der Waals surface area contributed by atoms with Crippen LogP contribution < -0.4 is 0 Å². The van der Waals surface area contributed by atoms with E-state index in [4.69, 9.17) is 0 Å². The van der Waals surface area contributed by atoms with Gasteiger partial charge in [-0.25, -0.2) is 0 Å². The Balaban J connectivity index is 1.76.